The lowest BCUT2D eigenvalue weighted by atomic mass is 10.1. The summed E-state index contributed by atoms with van der Waals surface area (Å²) in [5.74, 6) is 0.0320. The molecule has 0 radical (unpaired) electrons. The molecule has 0 bridgehead atoms. The molecule has 23 heavy (non-hydrogen) atoms. The van der Waals surface area contributed by atoms with Crippen LogP contribution >= 0.6 is 11.3 Å². The van der Waals surface area contributed by atoms with Crippen molar-refractivity contribution in [3.63, 3.8) is 0 Å². The summed E-state index contributed by atoms with van der Waals surface area (Å²) in [6.45, 7) is 5.90. The lowest BCUT2D eigenvalue weighted by molar-refractivity contribution is -0.120. The minimum atomic E-state index is 0.0320. The molecule has 122 valence electrons. The minimum absolute atomic E-state index is 0.0320. The second-order valence-corrected chi connectivity index (χ2v) is 7.10. The van der Waals surface area contributed by atoms with E-state index in [0.29, 0.717) is 13.0 Å². The van der Waals surface area contributed by atoms with E-state index in [2.05, 4.69) is 34.3 Å². The van der Waals surface area contributed by atoms with E-state index in [1.807, 2.05) is 17.5 Å². The van der Waals surface area contributed by atoms with Crippen molar-refractivity contribution in [2.45, 2.75) is 39.3 Å². The zero-order valence-electron chi connectivity index (χ0n) is 13.5. The van der Waals surface area contributed by atoms with Crippen LogP contribution in [0.4, 0.5) is 0 Å². The second kappa shape index (κ2) is 7.70. The number of rotatable bonds is 6. The van der Waals surface area contributed by atoms with E-state index >= 15 is 0 Å². The maximum absolute atomic E-state index is 12.1. The number of hydrogen-bond acceptors (Lipinski definition) is 4. The van der Waals surface area contributed by atoms with E-state index < -0.39 is 0 Å². The Morgan fingerprint density at radius 3 is 2.96 bits per heavy atom. The smallest absolute Gasteiger partial charge is 0.226 e. The molecule has 1 saturated heterocycles. The Bertz CT molecular complexity index is 662. The molecule has 0 unspecified atom stereocenters. The first-order chi connectivity index (χ1) is 11.2. The van der Waals surface area contributed by atoms with Crippen LogP contribution in [0.1, 0.15) is 34.7 Å². The number of aromatic nitrogens is 1. The molecule has 1 N–H and O–H groups in total. The van der Waals surface area contributed by atoms with E-state index in [-0.39, 0.29) is 5.91 Å². The molecule has 2 aromatic rings. The average molecular weight is 329 g/mol. The highest BCUT2D eigenvalue weighted by Gasteiger charge is 2.14. The first-order valence-electron chi connectivity index (χ1n) is 8.17. The summed E-state index contributed by atoms with van der Waals surface area (Å²) in [4.78, 5) is 19.1. The number of likely N-dealkylation sites (tertiary alicyclic amines) is 1. The van der Waals surface area contributed by atoms with E-state index in [1.165, 1.54) is 31.5 Å². The number of aryl methyl sites for hydroxylation is 1. The highest BCUT2D eigenvalue weighted by atomic mass is 32.1. The molecule has 4 nitrogen and oxygen atoms in total. The molecule has 3 rings (SSSR count). The van der Waals surface area contributed by atoms with Gasteiger partial charge in [0, 0.05) is 11.9 Å². The molecular weight excluding hydrogens is 306 g/mol. The number of nitrogens with one attached hydrogen (secondary N) is 1. The summed E-state index contributed by atoms with van der Waals surface area (Å²) in [6.07, 6.45) is 2.95. The van der Waals surface area contributed by atoms with Gasteiger partial charge >= 0.3 is 0 Å². The standard InChI is InChI=1S/C18H23N3OS/c1-14-5-4-6-15(9-14)11-19-17(22)10-16-13-23-18(20-16)12-21-7-2-3-8-21/h4-6,9,13H,2-3,7-8,10-12H2,1H3,(H,19,22). The van der Waals surface area contributed by atoms with Gasteiger partial charge in [-0.25, -0.2) is 4.98 Å². The number of carbonyl (C=O) groups excluding carboxylic acids is 1. The largest absolute Gasteiger partial charge is 0.352 e. The van der Waals surface area contributed by atoms with E-state index in [4.69, 9.17) is 0 Å². The molecule has 1 aromatic heterocycles. The fourth-order valence-corrected chi connectivity index (χ4v) is 3.72. The van der Waals surface area contributed by atoms with Gasteiger partial charge in [0.1, 0.15) is 5.01 Å². The van der Waals surface area contributed by atoms with Crippen LogP contribution in [0.15, 0.2) is 29.6 Å². The van der Waals surface area contributed by atoms with Crippen LogP contribution in [0.3, 0.4) is 0 Å². The summed E-state index contributed by atoms with van der Waals surface area (Å²) in [5, 5.41) is 6.10. The number of thiazole rings is 1. The van der Waals surface area contributed by atoms with E-state index in [0.717, 1.165) is 22.8 Å². The molecule has 0 atom stereocenters. The third-order valence-corrected chi connectivity index (χ3v) is 4.95. The summed E-state index contributed by atoms with van der Waals surface area (Å²) in [7, 11) is 0. The summed E-state index contributed by atoms with van der Waals surface area (Å²) < 4.78 is 0. The molecule has 1 fully saturated rings. The lowest BCUT2D eigenvalue weighted by Crippen LogP contribution is -2.24. The number of carbonyl (C=O) groups is 1. The Morgan fingerprint density at radius 2 is 2.17 bits per heavy atom. The second-order valence-electron chi connectivity index (χ2n) is 6.16. The topological polar surface area (TPSA) is 45.2 Å². The number of benzene rings is 1. The van der Waals surface area contributed by atoms with Crippen molar-refractivity contribution in [3.05, 3.63) is 51.5 Å². The van der Waals surface area contributed by atoms with Gasteiger partial charge < -0.3 is 5.32 Å². The molecule has 0 saturated carbocycles. The van der Waals surface area contributed by atoms with Crippen LogP contribution in [0, 0.1) is 6.92 Å². The molecule has 0 aliphatic carbocycles. The molecule has 1 amide bonds. The van der Waals surface area contributed by atoms with E-state index in [9.17, 15) is 4.79 Å². The van der Waals surface area contributed by atoms with Crippen LogP contribution in [0.25, 0.3) is 0 Å². The quantitative estimate of drug-likeness (QED) is 0.886. The zero-order valence-corrected chi connectivity index (χ0v) is 14.4. The van der Waals surface area contributed by atoms with Gasteiger partial charge in [-0.3, -0.25) is 9.69 Å². The molecule has 1 aliphatic rings. The number of hydrogen-bond donors (Lipinski definition) is 1. The average Bonchev–Trinajstić information content (AvgIpc) is 3.18. The molecule has 0 spiro atoms. The monoisotopic (exact) mass is 329 g/mol. The van der Waals surface area contributed by atoms with Crippen LogP contribution < -0.4 is 5.32 Å². The van der Waals surface area contributed by atoms with Crippen molar-refractivity contribution in [2.75, 3.05) is 13.1 Å². The predicted octanol–water partition coefficient (Wildman–Crippen LogP) is 2.91. The lowest BCUT2D eigenvalue weighted by Gasteiger charge is -2.11. The molecule has 1 aliphatic heterocycles. The van der Waals surface area contributed by atoms with Gasteiger partial charge in [0.15, 0.2) is 0 Å². The summed E-state index contributed by atoms with van der Waals surface area (Å²) >= 11 is 1.66. The van der Waals surface area contributed by atoms with Crippen LogP contribution in [-0.4, -0.2) is 28.9 Å². The van der Waals surface area contributed by atoms with Crippen molar-refractivity contribution >= 4 is 17.2 Å². The first-order valence-corrected chi connectivity index (χ1v) is 9.05. The molecule has 2 heterocycles. The molecule has 5 heteroatoms. The maximum atomic E-state index is 12.1. The Hall–Kier alpha value is -1.72. The van der Waals surface area contributed by atoms with Crippen molar-refractivity contribution in [1.29, 1.82) is 0 Å². The summed E-state index contributed by atoms with van der Waals surface area (Å²) in [5.41, 5.74) is 3.22. The van der Waals surface area contributed by atoms with Crippen LogP contribution in [0.2, 0.25) is 0 Å². The van der Waals surface area contributed by atoms with Crippen molar-refractivity contribution < 1.29 is 4.79 Å². The Balaban J connectivity index is 1.47. The van der Waals surface area contributed by atoms with Crippen LogP contribution in [-0.2, 0) is 24.3 Å². The van der Waals surface area contributed by atoms with Crippen molar-refractivity contribution in [2.24, 2.45) is 0 Å². The fraction of sp³-hybridized carbons (Fsp3) is 0.444. The van der Waals surface area contributed by atoms with Gasteiger partial charge in [0.2, 0.25) is 5.91 Å². The molecule has 1 aromatic carbocycles. The SMILES string of the molecule is Cc1cccc(CNC(=O)Cc2csc(CN3CCCC3)n2)c1. The van der Waals surface area contributed by atoms with E-state index in [1.54, 1.807) is 11.3 Å². The van der Waals surface area contributed by atoms with Gasteiger partial charge in [0.25, 0.3) is 0 Å². The molecular formula is C18H23N3OS. The summed E-state index contributed by atoms with van der Waals surface area (Å²) in [6, 6.07) is 8.20. The highest BCUT2D eigenvalue weighted by molar-refractivity contribution is 7.09. The first kappa shape index (κ1) is 16.1. The minimum Gasteiger partial charge on any atom is -0.352 e. The Kier molecular flexibility index (Phi) is 5.41. The maximum Gasteiger partial charge on any atom is 0.226 e. The third kappa shape index (κ3) is 4.88. The van der Waals surface area contributed by atoms with Gasteiger partial charge in [-0.15, -0.1) is 11.3 Å². The predicted molar refractivity (Wildman–Crippen MR) is 93.4 cm³/mol. The normalized spacial score (nSPS) is 15.0. The fourth-order valence-electron chi connectivity index (χ4n) is 2.88. The number of amides is 1. The third-order valence-electron chi connectivity index (χ3n) is 4.07. The van der Waals surface area contributed by atoms with Gasteiger partial charge in [-0.2, -0.15) is 0 Å². The van der Waals surface area contributed by atoms with Gasteiger partial charge in [0.05, 0.1) is 18.7 Å². The number of nitrogens with zero attached hydrogens (tertiary/aromatic N) is 2. The Morgan fingerprint density at radius 1 is 1.35 bits per heavy atom. The highest BCUT2D eigenvalue weighted by Crippen LogP contribution is 2.16. The van der Waals surface area contributed by atoms with Crippen molar-refractivity contribution in [1.82, 2.24) is 15.2 Å². The Labute approximate surface area is 141 Å². The van der Waals surface area contributed by atoms with Crippen molar-refractivity contribution in [3.8, 4) is 0 Å². The van der Waals surface area contributed by atoms with Gasteiger partial charge in [-0.1, -0.05) is 29.8 Å². The zero-order chi connectivity index (χ0) is 16.1. The van der Waals surface area contributed by atoms with Crippen LogP contribution in [0.5, 0.6) is 0 Å². The van der Waals surface area contributed by atoms with Gasteiger partial charge in [-0.05, 0) is 38.4 Å².